The van der Waals surface area contributed by atoms with Gasteiger partial charge in [0.1, 0.15) is 17.6 Å². The average molecular weight is 473 g/mol. The SMILES string of the molecule is COc1cccc(-c2nnc(SCC(=O)Nc3c(C#N)c(C)c(C)n3-c3ccccc3)n2C)c1. The molecule has 0 saturated carbocycles. The lowest BCUT2D eigenvalue weighted by Crippen LogP contribution is -2.18. The van der Waals surface area contributed by atoms with Crippen LogP contribution in [0, 0.1) is 25.2 Å². The molecule has 0 aliphatic rings. The van der Waals surface area contributed by atoms with Crippen LogP contribution in [-0.4, -0.2) is 38.1 Å². The molecule has 34 heavy (non-hydrogen) atoms. The van der Waals surface area contributed by atoms with E-state index in [1.54, 1.807) is 7.11 Å². The summed E-state index contributed by atoms with van der Waals surface area (Å²) in [7, 11) is 3.47. The van der Waals surface area contributed by atoms with Gasteiger partial charge in [-0.2, -0.15) is 5.26 Å². The number of benzene rings is 2. The number of nitriles is 1. The molecule has 0 aliphatic heterocycles. The van der Waals surface area contributed by atoms with E-state index in [9.17, 15) is 10.1 Å². The maximum atomic E-state index is 12.9. The number of rotatable bonds is 7. The Morgan fingerprint density at radius 3 is 2.62 bits per heavy atom. The molecule has 9 heteroatoms. The molecule has 0 atom stereocenters. The van der Waals surface area contributed by atoms with Crippen LogP contribution in [0.25, 0.3) is 17.1 Å². The highest BCUT2D eigenvalue weighted by Crippen LogP contribution is 2.30. The molecule has 2 heterocycles. The minimum Gasteiger partial charge on any atom is -0.497 e. The van der Waals surface area contributed by atoms with Gasteiger partial charge in [0, 0.05) is 24.0 Å². The van der Waals surface area contributed by atoms with Crippen molar-refractivity contribution in [2.75, 3.05) is 18.2 Å². The topological polar surface area (TPSA) is 97.8 Å². The maximum absolute atomic E-state index is 12.9. The summed E-state index contributed by atoms with van der Waals surface area (Å²) in [5.74, 6) is 1.77. The Morgan fingerprint density at radius 1 is 1.15 bits per heavy atom. The van der Waals surface area contributed by atoms with Crippen LogP contribution in [0.2, 0.25) is 0 Å². The molecule has 1 amide bonds. The molecule has 0 saturated heterocycles. The quantitative estimate of drug-likeness (QED) is 0.398. The van der Waals surface area contributed by atoms with E-state index < -0.39 is 0 Å². The molecule has 172 valence electrons. The van der Waals surface area contributed by atoms with Crippen LogP contribution < -0.4 is 10.1 Å². The molecular weight excluding hydrogens is 448 g/mol. The van der Waals surface area contributed by atoms with Crippen LogP contribution in [0.5, 0.6) is 5.75 Å². The number of nitrogens with zero attached hydrogens (tertiary/aromatic N) is 5. The van der Waals surface area contributed by atoms with Crippen LogP contribution in [-0.2, 0) is 11.8 Å². The van der Waals surface area contributed by atoms with E-state index >= 15 is 0 Å². The van der Waals surface area contributed by atoms with Crippen molar-refractivity contribution in [1.82, 2.24) is 19.3 Å². The summed E-state index contributed by atoms with van der Waals surface area (Å²) in [5.41, 5.74) is 3.95. The smallest absolute Gasteiger partial charge is 0.236 e. The molecule has 8 nitrogen and oxygen atoms in total. The van der Waals surface area contributed by atoms with Gasteiger partial charge < -0.3 is 14.6 Å². The Bertz CT molecular complexity index is 1380. The van der Waals surface area contributed by atoms with E-state index in [4.69, 9.17) is 4.74 Å². The second-order valence-corrected chi connectivity index (χ2v) is 8.59. The van der Waals surface area contributed by atoms with Gasteiger partial charge in [-0.05, 0) is 43.7 Å². The second kappa shape index (κ2) is 9.85. The zero-order valence-corrected chi connectivity index (χ0v) is 20.2. The normalized spacial score (nSPS) is 10.7. The molecular formula is C25H24N6O2S. The fraction of sp³-hybridized carbons (Fsp3) is 0.200. The molecule has 2 aromatic heterocycles. The first-order chi connectivity index (χ1) is 16.4. The zero-order valence-electron chi connectivity index (χ0n) is 19.4. The number of para-hydroxylation sites is 1. The third kappa shape index (κ3) is 4.40. The maximum Gasteiger partial charge on any atom is 0.236 e. The molecule has 0 unspecified atom stereocenters. The Kier molecular flexibility index (Phi) is 6.70. The van der Waals surface area contributed by atoms with Crippen LogP contribution in [0.4, 0.5) is 5.82 Å². The molecule has 0 radical (unpaired) electrons. The Balaban J connectivity index is 1.53. The summed E-state index contributed by atoms with van der Waals surface area (Å²) in [6, 6.07) is 19.5. The molecule has 1 N–H and O–H groups in total. The predicted octanol–water partition coefficient (Wildman–Crippen LogP) is 4.50. The Labute approximate surface area is 202 Å². The summed E-state index contributed by atoms with van der Waals surface area (Å²) in [6.45, 7) is 3.82. The van der Waals surface area contributed by atoms with Gasteiger partial charge in [0.25, 0.3) is 0 Å². The van der Waals surface area contributed by atoms with Crippen LogP contribution >= 0.6 is 11.8 Å². The summed E-state index contributed by atoms with van der Waals surface area (Å²) in [6.07, 6.45) is 0. The molecule has 0 bridgehead atoms. The van der Waals surface area contributed by atoms with Gasteiger partial charge in [-0.1, -0.05) is 42.1 Å². The number of anilines is 1. The van der Waals surface area contributed by atoms with Gasteiger partial charge in [0.2, 0.25) is 5.91 Å². The van der Waals surface area contributed by atoms with Gasteiger partial charge in [-0.15, -0.1) is 10.2 Å². The molecule has 0 spiro atoms. The third-order valence-electron chi connectivity index (χ3n) is 5.59. The number of hydrogen-bond acceptors (Lipinski definition) is 6. The molecule has 2 aromatic carbocycles. The van der Waals surface area contributed by atoms with Crippen molar-refractivity contribution >= 4 is 23.5 Å². The molecule has 4 aromatic rings. The van der Waals surface area contributed by atoms with Gasteiger partial charge in [-0.3, -0.25) is 9.36 Å². The van der Waals surface area contributed by atoms with Gasteiger partial charge in [-0.25, -0.2) is 0 Å². The van der Waals surface area contributed by atoms with Crippen molar-refractivity contribution < 1.29 is 9.53 Å². The van der Waals surface area contributed by atoms with Crippen molar-refractivity contribution in [3.8, 4) is 28.9 Å². The van der Waals surface area contributed by atoms with Crippen molar-refractivity contribution in [2.45, 2.75) is 19.0 Å². The Hall–Kier alpha value is -4.03. The fourth-order valence-corrected chi connectivity index (χ4v) is 4.42. The monoisotopic (exact) mass is 472 g/mol. The van der Waals surface area contributed by atoms with Crippen LogP contribution in [0.3, 0.4) is 0 Å². The number of amides is 1. The largest absolute Gasteiger partial charge is 0.497 e. The lowest BCUT2D eigenvalue weighted by molar-refractivity contribution is -0.113. The van der Waals surface area contributed by atoms with Crippen molar-refractivity contribution in [3.05, 3.63) is 71.4 Å². The number of aromatic nitrogens is 4. The van der Waals surface area contributed by atoms with E-state index in [0.29, 0.717) is 22.4 Å². The van der Waals surface area contributed by atoms with E-state index in [-0.39, 0.29) is 11.7 Å². The zero-order chi connectivity index (χ0) is 24.2. The number of thioether (sulfide) groups is 1. The highest BCUT2D eigenvalue weighted by Gasteiger charge is 2.21. The fourth-order valence-electron chi connectivity index (χ4n) is 3.71. The lowest BCUT2D eigenvalue weighted by atomic mass is 10.2. The first-order valence-electron chi connectivity index (χ1n) is 10.6. The highest BCUT2D eigenvalue weighted by molar-refractivity contribution is 7.99. The Morgan fingerprint density at radius 2 is 1.91 bits per heavy atom. The van der Waals surface area contributed by atoms with E-state index in [0.717, 1.165) is 28.3 Å². The third-order valence-corrected chi connectivity index (χ3v) is 6.61. The van der Waals surface area contributed by atoms with Crippen LogP contribution in [0.15, 0.2) is 59.8 Å². The van der Waals surface area contributed by atoms with Crippen LogP contribution in [0.1, 0.15) is 16.8 Å². The first kappa shape index (κ1) is 23.1. The summed E-state index contributed by atoms with van der Waals surface area (Å²) < 4.78 is 9.03. The summed E-state index contributed by atoms with van der Waals surface area (Å²) >= 11 is 1.28. The van der Waals surface area contributed by atoms with Crippen molar-refractivity contribution in [1.29, 1.82) is 5.26 Å². The molecule has 4 rings (SSSR count). The van der Waals surface area contributed by atoms with Crippen molar-refractivity contribution in [3.63, 3.8) is 0 Å². The molecule has 0 fully saturated rings. The minimum atomic E-state index is -0.234. The van der Waals surface area contributed by atoms with Gasteiger partial charge in [0.15, 0.2) is 11.0 Å². The van der Waals surface area contributed by atoms with E-state index in [1.165, 1.54) is 11.8 Å². The number of methoxy groups -OCH3 is 1. The number of carbonyl (C=O) groups excluding carboxylic acids is 1. The summed E-state index contributed by atoms with van der Waals surface area (Å²) in [5, 5.41) is 21.8. The lowest BCUT2D eigenvalue weighted by Gasteiger charge is -2.13. The number of carbonyl (C=O) groups is 1. The minimum absolute atomic E-state index is 0.118. The standard InChI is InChI=1S/C25H24N6O2S/c1-16-17(2)31(19-10-6-5-7-11-19)24(21(16)14-26)27-22(32)15-34-25-29-28-23(30(25)3)18-9-8-12-20(13-18)33-4/h5-13H,15H2,1-4H3,(H,27,32). The van der Waals surface area contributed by atoms with Crippen molar-refractivity contribution in [2.24, 2.45) is 7.05 Å². The first-order valence-corrected chi connectivity index (χ1v) is 11.6. The number of nitrogens with one attached hydrogen (secondary N) is 1. The highest BCUT2D eigenvalue weighted by atomic mass is 32.2. The molecule has 0 aliphatic carbocycles. The van der Waals surface area contributed by atoms with Gasteiger partial charge >= 0.3 is 0 Å². The van der Waals surface area contributed by atoms with Gasteiger partial charge in [0.05, 0.1) is 18.4 Å². The van der Waals surface area contributed by atoms with E-state index in [2.05, 4.69) is 21.6 Å². The number of ether oxygens (including phenoxy) is 1. The predicted molar refractivity (Wildman–Crippen MR) is 132 cm³/mol. The summed E-state index contributed by atoms with van der Waals surface area (Å²) in [4.78, 5) is 12.9. The van der Waals surface area contributed by atoms with E-state index in [1.807, 2.05) is 84.6 Å². The average Bonchev–Trinajstić information content (AvgIpc) is 3.34. The number of hydrogen-bond donors (Lipinski definition) is 1. The second-order valence-electron chi connectivity index (χ2n) is 7.65.